The number of aromatic nitrogens is 1. The van der Waals surface area contributed by atoms with Gasteiger partial charge in [-0.3, -0.25) is 9.59 Å². The molecular formula is C20H13NO4S. The molecule has 0 bridgehead atoms. The van der Waals surface area contributed by atoms with Crippen molar-refractivity contribution in [2.24, 2.45) is 0 Å². The summed E-state index contributed by atoms with van der Waals surface area (Å²) in [5.41, 5.74) is 1.39. The van der Waals surface area contributed by atoms with Crippen LogP contribution in [0.15, 0.2) is 77.8 Å². The van der Waals surface area contributed by atoms with E-state index in [4.69, 9.17) is 0 Å². The van der Waals surface area contributed by atoms with Gasteiger partial charge in [-0.1, -0.05) is 48.5 Å². The molecule has 128 valence electrons. The highest BCUT2D eigenvalue weighted by molar-refractivity contribution is 7.90. The quantitative estimate of drug-likeness (QED) is 0.670. The number of carbonyl (C=O) groups excluding carboxylic acids is 2. The van der Waals surface area contributed by atoms with Gasteiger partial charge < -0.3 is 0 Å². The van der Waals surface area contributed by atoms with E-state index >= 15 is 0 Å². The van der Waals surface area contributed by atoms with Gasteiger partial charge >= 0.3 is 0 Å². The van der Waals surface area contributed by atoms with Gasteiger partial charge in [-0.05, 0) is 29.8 Å². The Hall–Kier alpha value is -3.25. The van der Waals surface area contributed by atoms with Crippen LogP contribution in [0.2, 0.25) is 0 Å². The molecule has 1 heterocycles. The molecule has 0 amide bonds. The molecule has 4 rings (SSSR count). The third-order valence-electron chi connectivity index (χ3n) is 4.24. The van der Waals surface area contributed by atoms with E-state index in [1.807, 2.05) is 6.07 Å². The number of ketones is 2. The molecule has 26 heavy (non-hydrogen) atoms. The molecule has 0 saturated heterocycles. The van der Waals surface area contributed by atoms with Gasteiger partial charge in [0.15, 0.2) is 0 Å². The number of benzene rings is 2. The second-order valence-corrected chi connectivity index (χ2v) is 7.62. The predicted octanol–water partition coefficient (Wildman–Crippen LogP) is 3.17. The van der Waals surface area contributed by atoms with Crippen molar-refractivity contribution in [3.05, 3.63) is 84.2 Å². The van der Waals surface area contributed by atoms with E-state index in [0.29, 0.717) is 11.1 Å². The van der Waals surface area contributed by atoms with Gasteiger partial charge in [-0.2, -0.15) is 0 Å². The highest BCUT2D eigenvalue weighted by Crippen LogP contribution is 2.34. The van der Waals surface area contributed by atoms with Crippen molar-refractivity contribution in [3.63, 3.8) is 0 Å². The first-order valence-corrected chi connectivity index (χ1v) is 9.32. The van der Waals surface area contributed by atoms with Gasteiger partial charge in [-0.15, -0.1) is 0 Å². The first kappa shape index (κ1) is 16.2. The van der Waals surface area contributed by atoms with Crippen molar-refractivity contribution in [1.82, 2.24) is 3.97 Å². The second-order valence-electron chi connectivity index (χ2n) is 5.81. The Morgan fingerprint density at radius 2 is 1.38 bits per heavy atom. The Balaban J connectivity index is 2.03. The van der Waals surface area contributed by atoms with E-state index in [1.54, 1.807) is 42.5 Å². The summed E-state index contributed by atoms with van der Waals surface area (Å²) in [5, 5.41) is 0. The van der Waals surface area contributed by atoms with E-state index in [2.05, 4.69) is 0 Å². The smallest absolute Gasteiger partial charge is 0.268 e. The van der Waals surface area contributed by atoms with Crippen LogP contribution in [0.1, 0.15) is 16.1 Å². The van der Waals surface area contributed by atoms with Gasteiger partial charge in [-0.25, -0.2) is 12.4 Å². The lowest BCUT2D eigenvalue weighted by atomic mass is 9.94. The third-order valence-corrected chi connectivity index (χ3v) is 5.93. The van der Waals surface area contributed by atoms with Crippen molar-refractivity contribution in [3.8, 4) is 11.1 Å². The normalized spacial score (nSPS) is 13.7. The molecule has 0 spiro atoms. The molecule has 0 fully saturated rings. The maximum absolute atomic E-state index is 13.1. The molecule has 6 heteroatoms. The fourth-order valence-corrected chi connectivity index (χ4v) is 4.37. The van der Waals surface area contributed by atoms with Crippen LogP contribution in [0.5, 0.6) is 0 Å². The standard InChI is InChI=1S/C20H13NO4S/c22-18-12-11-17-19(20(18)23)16(14-7-3-1-4-8-14)13-21(17)26(24,25)15-9-5-2-6-10-15/h1-13H. The third kappa shape index (κ3) is 2.43. The van der Waals surface area contributed by atoms with Crippen LogP contribution in [-0.2, 0) is 14.8 Å². The molecule has 1 aliphatic carbocycles. The van der Waals surface area contributed by atoms with Crippen LogP contribution in [0, 0.1) is 0 Å². The van der Waals surface area contributed by atoms with Gasteiger partial charge in [0.2, 0.25) is 11.6 Å². The summed E-state index contributed by atoms with van der Waals surface area (Å²) in [6, 6.07) is 16.9. The lowest BCUT2D eigenvalue weighted by Crippen LogP contribution is -2.19. The molecule has 1 aromatic heterocycles. The number of hydrogen-bond donors (Lipinski definition) is 0. The molecule has 0 aliphatic heterocycles. The Kier molecular flexibility index (Phi) is 3.70. The summed E-state index contributed by atoms with van der Waals surface area (Å²) < 4.78 is 27.2. The van der Waals surface area contributed by atoms with Crippen LogP contribution in [0.25, 0.3) is 17.2 Å². The van der Waals surface area contributed by atoms with Crippen LogP contribution < -0.4 is 0 Å². The maximum atomic E-state index is 13.1. The molecule has 5 nitrogen and oxygen atoms in total. The zero-order valence-corrected chi connectivity index (χ0v) is 14.3. The van der Waals surface area contributed by atoms with Gasteiger partial charge in [0, 0.05) is 11.8 Å². The van der Waals surface area contributed by atoms with Crippen molar-refractivity contribution in [2.75, 3.05) is 0 Å². The molecule has 0 N–H and O–H groups in total. The maximum Gasteiger partial charge on any atom is 0.268 e. The van der Waals surface area contributed by atoms with Crippen LogP contribution >= 0.6 is 0 Å². The predicted molar refractivity (Wildman–Crippen MR) is 97.3 cm³/mol. The number of hydrogen-bond acceptors (Lipinski definition) is 4. The van der Waals surface area contributed by atoms with Crippen molar-refractivity contribution in [1.29, 1.82) is 0 Å². The highest BCUT2D eigenvalue weighted by Gasteiger charge is 2.32. The minimum atomic E-state index is -3.91. The van der Waals surface area contributed by atoms with Gasteiger partial charge in [0.05, 0.1) is 16.2 Å². The minimum absolute atomic E-state index is 0.107. The Morgan fingerprint density at radius 1 is 0.769 bits per heavy atom. The van der Waals surface area contributed by atoms with E-state index in [9.17, 15) is 18.0 Å². The first-order valence-electron chi connectivity index (χ1n) is 7.88. The number of Topliss-reactive ketones (excluding diaryl/α,β-unsaturated/α-hetero) is 1. The molecular weight excluding hydrogens is 350 g/mol. The largest absolute Gasteiger partial charge is 0.286 e. The summed E-state index contributed by atoms with van der Waals surface area (Å²) in [5.74, 6) is -1.37. The lowest BCUT2D eigenvalue weighted by molar-refractivity contribution is -0.110. The van der Waals surface area contributed by atoms with Crippen LogP contribution in [0.3, 0.4) is 0 Å². The summed E-state index contributed by atoms with van der Waals surface area (Å²) in [7, 11) is -3.91. The Morgan fingerprint density at radius 3 is 2.04 bits per heavy atom. The lowest BCUT2D eigenvalue weighted by Gasteiger charge is -2.11. The Bertz CT molecular complexity index is 1160. The van der Waals surface area contributed by atoms with E-state index < -0.39 is 21.6 Å². The van der Waals surface area contributed by atoms with E-state index in [0.717, 1.165) is 10.0 Å². The van der Waals surface area contributed by atoms with E-state index in [-0.39, 0.29) is 16.2 Å². The average Bonchev–Trinajstić information content (AvgIpc) is 3.07. The van der Waals surface area contributed by atoms with Gasteiger partial charge in [0.25, 0.3) is 10.0 Å². The SMILES string of the molecule is O=C1C=Cc2c(c(-c3ccccc3)cn2S(=O)(=O)c2ccccc2)C1=O. The molecule has 0 unspecified atom stereocenters. The summed E-state index contributed by atoms with van der Waals surface area (Å²) in [6.45, 7) is 0. The minimum Gasteiger partial charge on any atom is -0.286 e. The summed E-state index contributed by atoms with van der Waals surface area (Å²) >= 11 is 0. The monoisotopic (exact) mass is 363 g/mol. The highest BCUT2D eigenvalue weighted by atomic mass is 32.2. The molecule has 0 radical (unpaired) electrons. The zero-order valence-electron chi connectivity index (χ0n) is 13.5. The van der Waals surface area contributed by atoms with Crippen LogP contribution in [-0.4, -0.2) is 24.0 Å². The number of carbonyl (C=O) groups is 2. The number of rotatable bonds is 3. The molecule has 3 aromatic rings. The van der Waals surface area contributed by atoms with Crippen molar-refractivity contribution < 1.29 is 18.0 Å². The zero-order chi connectivity index (χ0) is 18.3. The number of nitrogens with zero attached hydrogens (tertiary/aromatic N) is 1. The summed E-state index contributed by atoms with van der Waals surface area (Å²) in [4.78, 5) is 24.5. The molecule has 1 aliphatic rings. The average molecular weight is 363 g/mol. The van der Waals surface area contributed by atoms with Crippen molar-refractivity contribution in [2.45, 2.75) is 4.90 Å². The fraction of sp³-hybridized carbons (Fsp3) is 0. The molecule has 2 aromatic carbocycles. The first-order chi connectivity index (χ1) is 12.5. The summed E-state index contributed by atoms with van der Waals surface area (Å²) in [6.07, 6.45) is 3.89. The van der Waals surface area contributed by atoms with Gasteiger partial charge in [0.1, 0.15) is 0 Å². The molecule has 0 saturated carbocycles. The van der Waals surface area contributed by atoms with Crippen LogP contribution in [0.4, 0.5) is 0 Å². The number of allylic oxidation sites excluding steroid dienone is 1. The second kappa shape index (κ2) is 5.93. The van der Waals surface area contributed by atoms with Crippen molar-refractivity contribution >= 4 is 27.7 Å². The number of fused-ring (bicyclic) bond motifs is 1. The fourth-order valence-electron chi connectivity index (χ4n) is 2.99. The Labute approximate surface area is 150 Å². The van der Waals surface area contributed by atoms with E-state index in [1.165, 1.54) is 24.4 Å². The molecule has 0 atom stereocenters. The topological polar surface area (TPSA) is 73.2 Å².